The molecule has 3 amide bonds. The molecule has 1 heterocycles. The number of cyclic esters (lactones) is 1. The number of carbonyl (C=O) groups excluding carboxylic acids is 3. The first-order valence-corrected chi connectivity index (χ1v) is 10.8. The van der Waals surface area contributed by atoms with E-state index in [1.165, 1.54) is 4.90 Å². The summed E-state index contributed by atoms with van der Waals surface area (Å²) in [7, 11) is 0. The Bertz CT molecular complexity index is 1130. The first kappa shape index (κ1) is 22.1. The maximum Gasteiger partial charge on any atom is 0.411 e. The van der Waals surface area contributed by atoms with Crippen LogP contribution in [-0.4, -0.2) is 35.4 Å². The summed E-state index contributed by atoms with van der Waals surface area (Å²) < 4.78 is 5.67. The molecule has 0 unspecified atom stereocenters. The lowest BCUT2D eigenvalue weighted by atomic mass is 10.00. The summed E-state index contributed by atoms with van der Waals surface area (Å²) in [5.41, 5.74) is 2.60. The van der Waals surface area contributed by atoms with Gasteiger partial charge in [0, 0.05) is 17.8 Å². The van der Waals surface area contributed by atoms with Gasteiger partial charge in [-0.1, -0.05) is 60.7 Å². The van der Waals surface area contributed by atoms with Crippen molar-refractivity contribution < 1.29 is 19.1 Å². The number of likely N-dealkylation sites (N-methyl/N-ethyl adjacent to an activating group) is 1. The van der Waals surface area contributed by atoms with Crippen LogP contribution in [0.1, 0.15) is 34.5 Å². The summed E-state index contributed by atoms with van der Waals surface area (Å²) in [6, 6.07) is 24.5. The highest BCUT2D eigenvalue weighted by Crippen LogP contribution is 2.35. The fraction of sp³-hybridized carbons (Fsp3) is 0.192. The molecular weight excluding hydrogens is 418 g/mol. The van der Waals surface area contributed by atoms with E-state index in [1.54, 1.807) is 48.5 Å². The van der Waals surface area contributed by atoms with Crippen molar-refractivity contribution in [1.29, 1.82) is 0 Å². The number of amides is 3. The van der Waals surface area contributed by atoms with E-state index in [4.69, 9.17) is 4.74 Å². The third-order valence-corrected chi connectivity index (χ3v) is 5.41. The van der Waals surface area contributed by atoms with E-state index in [0.717, 1.165) is 5.56 Å². The first-order chi connectivity index (χ1) is 16.1. The molecule has 7 nitrogen and oxygen atoms in total. The van der Waals surface area contributed by atoms with Crippen molar-refractivity contribution in [2.24, 2.45) is 0 Å². The van der Waals surface area contributed by atoms with Crippen LogP contribution in [0.5, 0.6) is 0 Å². The van der Waals surface area contributed by atoms with Crippen LogP contribution in [0, 0.1) is 0 Å². The summed E-state index contributed by atoms with van der Waals surface area (Å²) >= 11 is 0. The van der Waals surface area contributed by atoms with Crippen LogP contribution in [0.2, 0.25) is 0 Å². The Balaban J connectivity index is 1.59. The molecular formula is C26H25N3O4. The highest BCUT2D eigenvalue weighted by molar-refractivity contribution is 6.04. The Labute approximate surface area is 192 Å². The maximum absolute atomic E-state index is 13.0. The maximum atomic E-state index is 13.0. The molecule has 168 valence electrons. The van der Waals surface area contributed by atoms with Crippen molar-refractivity contribution in [3.63, 3.8) is 0 Å². The van der Waals surface area contributed by atoms with Gasteiger partial charge in [-0.2, -0.15) is 0 Å². The van der Waals surface area contributed by atoms with Gasteiger partial charge in [0.05, 0.1) is 6.54 Å². The van der Waals surface area contributed by atoms with Gasteiger partial charge in [-0.3, -0.25) is 14.5 Å². The SMILES string of the molecule is CCNC(=O)[C@@H]1[C@H](c2cccc(NC(=O)c3ccccc3)c2)OC(=O)N1Cc1ccccc1. The average Bonchev–Trinajstić information content (AvgIpc) is 3.16. The van der Waals surface area contributed by atoms with Gasteiger partial charge in [-0.25, -0.2) is 4.79 Å². The second kappa shape index (κ2) is 9.99. The van der Waals surface area contributed by atoms with Crippen molar-refractivity contribution in [2.75, 3.05) is 11.9 Å². The number of rotatable bonds is 7. The first-order valence-electron chi connectivity index (χ1n) is 10.8. The summed E-state index contributed by atoms with van der Waals surface area (Å²) in [5, 5.41) is 5.67. The molecule has 0 aliphatic carbocycles. The second-order valence-electron chi connectivity index (χ2n) is 7.70. The fourth-order valence-electron chi connectivity index (χ4n) is 3.86. The number of nitrogens with zero attached hydrogens (tertiary/aromatic N) is 1. The highest BCUT2D eigenvalue weighted by atomic mass is 16.6. The predicted octanol–water partition coefficient (Wildman–Crippen LogP) is 4.14. The van der Waals surface area contributed by atoms with E-state index in [-0.39, 0.29) is 18.4 Å². The Hall–Kier alpha value is -4.13. The topological polar surface area (TPSA) is 87.7 Å². The quantitative estimate of drug-likeness (QED) is 0.575. The number of nitrogens with one attached hydrogen (secondary N) is 2. The van der Waals surface area contributed by atoms with E-state index in [0.29, 0.717) is 23.4 Å². The number of benzene rings is 3. The second-order valence-corrected chi connectivity index (χ2v) is 7.70. The lowest BCUT2D eigenvalue weighted by molar-refractivity contribution is -0.126. The van der Waals surface area contributed by atoms with Crippen LogP contribution in [-0.2, 0) is 16.1 Å². The highest BCUT2D eigenvalue weighted by Gasteiger charge is 2.46. The van der Waals surface area contributed by atoms with Gasteiger partial charge < -0.3 is 15.4 Å². The lowest BCUT2D eigenvalue weighted by Gasteiger charge is -2.24. The number of anilines is 1. The molecule has 33 heavy (non-hydrogen) atoms. The average molecular weight is 444 g/mol. The van der Waals surface area contributed by atoms with E-state index in [1.807, 2.05) is 43.3 Å². The number of hydrogen-bond donors (Lipinski definition) is 2. The van der Waals surface area contributed by atoms with Crippen molar-refractivity contribution >= 4 is 23.6 Å². The number of ether oxygens (including phenoxy) is 1. The van der Waals surface area contributed by atoms with Crippen molar-refractivity contribution in [2.45, 2.75) is 25.6 Å². The van der Waals surface area contributed by atoms with Crippen LogP contribution >= 0.6 is 0 Å². The Kier molecular flexibility index (Phi) is 6.69. The molecule has 2 atom stereocenters. The molecule has 0 aromatic heterocycles. The molecule has 0 saturated carbocycles. The van der Waals surface area contributed by atoms with E-state index in [9.17, 15) is 14.4 Å². The smallest absolute Gasteiger partial charge is 0.411 e. The molecule has 3 aromatic carbocycles. The molecule has 0 spiro atoms. The van der Waals surface area contributed by atoms with E-state index >= 15 is 0 Å². The van der Waals surface area contributed by atoms with Gasteiger partial charge in [0.1, 0.15) is 0 Å². The third-order valence-electron chi connectivity index (χ3n) is 5.41. The van der Waals surface area contributed by atoms with Crippen LogP contribution in [0.3, 0.4) is 0 Å². The predicted molar refractivity (Wildman–Crippen MR) is 125 cm³/mol. The van der Waals surface area contributed by atoms with Gasteiger partial charge in [0.2, 0.25) is 5.91 Å². The van der Waals surface area contributed by atoms with Gasteiger partial charge in [0.25, 0.3) is 5.91 Å². The molecule has 2 N–H and O–H groups in total. The van der Waals surface area contributed by atoms with E-state index in [2.05, 4.69) is 10.6 Å². The zero-order valence-electron chi connectivity index (χ0n) is 18.2. The van der Waals surface area contributed by atoms with Gasteiger partial charge in [0.15, 0.2) is 12.1 Å². The summed E-state index contributed by atoms with van der Waals surface area (Å²) in [6.07, 6.45) is -1.36. The van der Waals surface area contributed by atoms with Crippen LogP contribution in [0.25, 0.3) is 0 Å². The monoisotopic (exact) mass is 443 g/mol. The molecule has 1 aliphatic heterocycles. The van der Waals surface area contributed by atoms with Gasteiger partial charge >= 0.3 is 6.09 Å². The number of hydrogen-bond acceptors (Lipinski definition) is 4. The molecule has 0 radical (unpaired) electrons. The van der Waals surface area contributed by atoms with Crippen molar-refractivity contribution in [3.05, 3.63) is 102 Å². The Morgan fingerprint density at radius 2 is 1.64 bits per heavy atom. The van der Waals surface area contributed by atoms with E-state index < -0.39 is 18.2 Å². The largest absolute Gasteiger partial charge is 0.438 e. The minimum absolute atomic E-state index is 0.248. The van der Waals surface area contributed by atoms with Crippen LogP contribution < -0.4 is 10.6 Å². The molecule has 1 fully saturated rings. The molecule has 4 rings (SSSR count). The Morgan fingerprint density at radius 1 is 0.939 bits per heavy atom. The normalized spacial score (nSPS) is 17.4. The molecule has 7 heteroatoms. The molecule has 0 bridgehead atoms. The number of carbonyl (C=O) groups is 3. The lowest BCUT2D eigenvalue weighted by Crippen LogP contribution is -2.46. The summed E-state index contributed by atoms with van der Waals surface area (Å²) in [6.45, 7) is 2.51. The Morgan fingerprint density at radius 3 is 2.33 bits per heavy atom. The molecule has 1 aliphatic rings. The molecule has 1 saturated heterocycles. The molecule has 3 aromatic rings. The third kappa shape index (κ3) is 5.03. The van der Waals surface area contributed by atoms with Crippen LogP contribution in [0.4, 0.5) is 10.5 Å². The standard InChI is InChI=1S/C26H25N3O4/c1-2-27-25(31)22-23(33-26(32)29(22)17-18-10-5-3-6-11-18)20-14-9-15-21(16-20)28-24(30)19-12-7-4-8-13-19/h3-16,22-23H,2,17H2,1H3,(H,27,31)(H,28,30)/t22-,23-/m0/s1. The fourth-order valence-corrected chi connectivity index (χ4v) is 3.86. The van der Waals surface area contributed by atoms with Gasteiger partial charge in [-0.05, 0) is 42.3 Å². The minimum Gasteiger partial charge on any atom is -0.438 e. The van der Waals surface area contributed by atoms with Crippen molar-refractivity contribution in [1.82, 2.24) is 10.2 Å². The summed E-state index contributed by atoms with van der Waals surface area (Å²) in [5.74, 6) is -0.537. The zero-order chi connectivity index (χ0) is 23.2. The van der Waals surface area contributed by atoms with Gasteiger partial charge in [-0.15, -0.1) is 0 Å². The summed E-state index contributed by atoms with van der Waals surface area (Å²) in [4.78, 5) is 39.7. The minimum atomic E-state index is -0.835. The van der Waals surface area contributed by atoms with Crippen LogP contribution in [0.15, 0.2) is 84.9 Å². The van der Waals surface area contributed by atoms with Crippen molar-refractivity contribution in [3.8, 4) is 0 Å². The zero-order valence-corrected chi connectivity index (χ0v) is 18.2.